The molecule has 3 N–H and O–H groups in total. The molecule has 154 valence electrons. The van der Waals surface area contributed by atoms with E-state index in [1.807, 2.05) is 30.3 Å². The summed E-state index contributed by atoms with van der Waals surface area (Å²) in [5.41, 5.74) is 7.76. The second kappa shape index (κ2) is 8.91. The smallest absolute Gasteiger partial charge is 0.286 e. The monoisotopic (exact) mass is 415 g/mol. The van der Waals surface area contributed by atoms with Gasteiger partial charge in [0.15, 0.2) is 0 Å². The third-order valence-electron chi connectivity index (χ3n) is 4.44. The van der Waals surface area contributed by atoms with Gasteiger partial charge >= 0.3 is 0 Å². The zero-order chi connectivity index (χ0) is 21.6. The van der Waals surface area contributed by atoms with Crippen molar-refractivity contribution in [3.8, 4) is 16.9 Å². The zero-order valence-electron chi connectivity index (χ0n) is 16.2. The molecule has 0 saturated carbocycles. The number of rotatable bonds is 5. The highest BCUT2D eigenvalue weighted by Crippen LogP contribution is 2.25. The van der Waals surface area contributed by atoms with Crippen molar-refractivity contribution in [2.75, 3.05) is 0 Å². The lowest BCUT2D eigenvalue weighted by molar-refractivity contribution is -0.117. The van der Waals surface area contributed by atoms with Crippen LogP contribution in [0.15, 0.2) is 85.2 Å². The third-order valence-corrected chi connectivity index (χ3v) is 4.44. The first-order chi connectivity index (χ1) is 15.1. The topological polar surface area (TPSA) is 91.8 Å². The average Bonchev–Trinajstić information content (AvgIpc) is 3.48. The first kappa shape index (κ1) is 19.8. The van der Waals surface area contributed by atoms with E-state index in [4.69, 9.17) is 0 Å². The summed E-state index contributed by atoms with van der Waals surface area (Å²) >= 11 is 0. The number of nitrogens with zero attached hydrogens (tertiary/aromatic N) is 2. The number of aromatic nitrogens is 3. The summed E-state index contributed by atoms with van der Waals surface area (Å²) in [7, 11) is 0. The SMILES string of the molecule is O=C(C=Cc1cn(-c2ccccc2)nc1-c1ccc(F)cc1)NNC(=O)c1ccc[nH]1. The Morgan fingerprint density at radius 1 is 0.968 bits per heavy atom. The summed E-state index contributed by atoms with van der Waals surface area (Å²) in [5.74, 6) is -1.33. The van der Waals surface area contributed by atoms with Crippen LogP contribution in [0.3, 0.4) is 0 Å². The van der Waals surface area contributed by atoms with Gasteiger partial charge in [0.05, 0.1) is 11.4 Å². The van der Waals surface area contributed by atoms with E-state index in [9.17, 15) is 14.0 Å². The van der Waals surface area contributed by atoms with Gasteiger partial charge in [0.1, 0.15) is 11.5 Å². The minimum Gasteiger partial charge on any atom is -0.357 e. The maximum absolute atomic E-state index is 13.3. The van der Waals surface area contributed by atoms with Crippen molar-refractivity contribution in [1.29, 1.82) is 0 Å². The Bertz CT molecular complexity index is 1210. The van der Waals surface area contributed by atoms with Crippen LogP contribution in [0.5, 0.6) is 0 Å². The van der Waals surface area contributed by atoms with Crippen LogP contribution in [-0.4, -0.2) is 26.6 Å². The second-order valence-electron chi connectivity index (χ2n) is 6.58. The Labute approximate surface area is 177 Å². The minimum atomic E-state index is -0.516. The molecule has 8 heteroatoms. The normalized spacial score (nSPS) is 10.9. The van der Waals surface area contributed by atoms with Crippen LogP contribution in [0.2, 0.25) is 0 Å². The molecule has 2 aromatic carbocycles. The van der Waals surface area contributed by atoms with Gasteiger partial charge in [0.2, 0.25) is 0 Å². The Balaban J connectivity index is 1.55. The van der Waals surface area contributed by atoms with Crippen molar-refractivity contribution in [3.05, 3.63) is 102 Å². The molecule has 0 aliphatic heterocycles. The number of amides is 2. The fourth-order valence-electron chi connectivity index (χ4n) is 2.92. The molecular formula is C23H18FN5O2. The van der Waals surface area contributed by atoms with Crippen molar-refractivity contribution in [1.82, 2.24) is 25.6 Å². The number of aromatic amines is 1. The van der Waals surface area contributed by atoms with Crippen LogP contribution >= 0.6 is 0 Å². The van der Waals surface area contributed by atoms with Gasteiger partial charge in [-0.1, -0.05) is 18.2 Å². The van der Waals surface area contributed by atoms with Crippen LogP contribution in [0.25, 0.3) is 23.0 Å². The minimum absolute atomic E-state index is 0.326. The highest BCUT2D eigenvalue weighted by Gasteiger charge is 2.12. The number of halogens is 1. The lowest BCUT2D eigenvalue weighted by atomic mass is 10.1. The van der Waals surface area contributed by atoms with E-state index in [2.05, 4.69) is 20.9 Å². The van der Waals surface area contributed by atoms with E-state index in [1.165, 1.54) is 18.2 Å². The molecule has 0 radical (unpaired) electrons. The second-order valence-corrected chi connectivity index (χ2v) is 6.58. The van der Waals surface area contributed by atoms with Gasteiger partial charge in [-0.15, -0.1) is 0 Å². The highest BCUT2D eigenvalue weighted by atomic mass is 19.1. The molecule has 7 nitrogen and oxygen atoms in total. The van der Waals surface area contributed by atoms with Gasteiger partial charge in [-0.3, -0.25) is 20.4 Å². The summed E-state index contributed by atoms with van der Waals surface area (Å²) in [6.07, 6.45) is 6.25. The number of hydrogen-bond donors (Lipinski definition) is 3. The van der Waals surface area contributed by atoms with Crippen molar-refractivity contribution in [2.45, 2.75) is 0 Å². The molecule has 0 bridgehead atoms. The van der Waals surface area contributed by atoms with Crippen LogP contribution in [0, 0.1) is 5.82 Å². The van der Waals surface area contributed by atoms with Crippen LogP contribution < -0.4 is 10.9 Å². The zero-order valence-corrected chi connectivity index (χ0v) is 16.2. The number of hydrazine groups is 1. The fraction of sp³-hybridized carbons (Fsp3) is 0. The molecule has 31 heavy (non-hydrogen) atoms. The highest BCUT2D eigenvalue weighted by molar-refractivity contribution is 5.97. The van der Waals surface area contributed by atoms with Gasteiger partial charge in [-0.25, -0.2) is 9.07 Å². The summed E-state index contributed by atoms with van der Waals surface area (Å²) in [6.45, 7) is 0. The molecule has 0 saturated heterocycles. The average molecular weight is 415 g/mol. The molecule has 0 fully saturated rings. The first-order valence-corrected chi connectivity index (χ1v) is 9.43. The molecule has 0 aliphatic rings. The molecule has 0 spiro atoms. The van der Waals surface area contributed by atoms with E-state index in [0.717, 1.165) is 5.69 Å². The molecule has 4 rings (SSSR count). The van der Waals surface area contributed by atoms with Crippen molar-refractivity contribution in [2.24, 2.45) is 0 Å². The molecular weight excluding hydrogens is 397 g/mol. The largest absolute Gasteiger partial charge is 0.357 e. The van der Waals surface area contributed by atoms with Crippen molar-refractivity contribution < 1.29 is 14.0 Å². The summed E-state index contributed by atoms with van der Waals surface area (Å²) in [5, 5.41) is 4.60. The lowest BCUT2D eigenvalue weighted by Gasteiger charge is -2.03. The number of benzene rings is 2. The van der Waals surface area contributed by atoms with E-state index >= 15 is 0 Å². The van der Waals surface area contributed by atoms with Gasteiger partial charge in [-0.2, -0.15) is 5.10 Å². The number of carbonyl (C=O) groups is 2. The lowest BCUT2D eigenvalue weighted by Crippen LogP contribution is -2.40. The van der Waals surface area contributed by atoms with E-state index < -0.39 is 11.8 Å². The maximum Gasteiger partial charge on any atom is 0.286 e. The Hall–Kier alpha value is -4.46. The predicted octanol–water partition coefficient (Wildman–Crippen LogP) is 3.48. The van der Waals surface area contributed by atoms with Crippen molar-refractivity contribution in [3.63, 3.8) is 0 Å². The van der Waals surface area contributed by atoms with Gasteiger partial charge < -0.3 is 4.98 Å². The Morgan fingerprint density at radius 2 is 1.74 bits per heavy atom. The fourth-order valence-corrected chi connectivity index (χ4v) is 2.92. The Kier molecular flexibility index (Phi) is 5.70. The van der Waals surface area contributed by atoms with Gasteiger partial charge in [-0.05, 0) is 54.6 Å². The van der Waals surface area contributed by atoms with Gasteiger partial charge in [0, 0.05) is 29.6 Å². The van der Waals surface area contributed by atoms with Crippen LogP contribution in [0.1, 0.15) is 16.1 Å². The molecule has 4 aromatic rings. The first-order valence-electron chi connectivity index (χ1n) is 9.43. The quantitative estimate of drug-likeness (QED) is 0.344. The van der Waals surface area contributed by atoms with Gasteiger partial charge in [0.25, 0.3) is 11.8 Å². The number of H-pyrrole nitrogens is 1. The molecule has 2 aromatic heterocycles. The number of nitrogens with one attached hydrogen (secondary N) is 3. The molecule has 2 amide bonds. The number of para-hydroxylation sites is 1. The summed E-state index contributed by atoms with van der Waals surface area (Å²) < 4.78 is 15.0. The van der Waals surface area contributed by atoms with E-state index in [-0.39, 0.29) is 5.82 Å². The molecule has 0 unspecified atom stereocenters. The summed E-state index contributed by atoms with van der Waals surface area (Å²) in [6, 6.07) is 18.7. The Morgan fingerprint density at radius 3 is 2.45 bits per heavy atom. The molecule has 0 atom stereocenters. The third kappa shape index (κ3) is 4.76. The van der Waals surface area contributed by atoms with E-state index in [1.54, 1.807) is 47.4 Å². The summed E-state index contributed by atoms with van der Waals surface area (Å²) in [4.78, 5) is 26.8. The predicted molar refractivity (Wildman–Crippen MR) is 114 cm³/mol. The van der Waals surface area contributed by atoms with Crippen molar-refractivity contribution >= 4 is 17.9 Å². The standard InChI is InChI=1S/C23H18FN5O2/c24-18-11-8-16(9-12-18)22-17(15-29(28-22)19-5-2-1-3-6-19)10-13-21(30)26-27-23(31)20-7-4-14-25-20/h1-15,25H,(H,26,30)(H,27,31). The maximum atomic E-state index is 13.3. The molecule has 2 heterocycles. The van der Waals surface area contributed by atoms with Crippen LogP contribution in [0.4, 0.5) is 4.39 Å². The number of carbonyl (C=O) groups excluding carboxylic acids is 2. The molecule has 0 aliphatic carbocycles. The number of hydrogen-bond acceptors (Lipinski definition) is 3. The van der Waals surface area contributed by atoms with E-state index in [0.29, 0.717) is 22.5 Å². The van der Waals surface area contributed by atoms with Crippen LogP contribution in [-0.2, 0) is 4.79 Å².